The SMILES string of the molecule is C=C(I)C1=C[C@@H](C)C(S(=O)(=O)N(NI)S(=O)(=O)C(F)(F)F)C2=C1CC(C)C=C2. The van der Waals surface area contributed by atoms with Crippen LogP contribution >= 0.6 is 45.5 Å². The van der Waals surface area contributed by atoms with E-state index in [1.807, 2.05) is 29.5 Å². The van der Waals surface area contributed by atoms with E-state index in [9.17, 15) is 30.0 Å². The molecule has 3 atom stereocenters. The van der Waals surface area contributed by atoms with Gasteiger partial charge in [-0.25, -0.2) is 16.8 Å². The molecule has 0 amide bonds. The maximum Gasteiger partial charge on any atom is 0.513 e. The summed E-state index contributed by atoms with van der Waals surface area (Å²) in [5.74, 6) is -0.689. The van der Waals surface area contributed by atoms with Gasteiger partial charge < -0.3 is 0 Å². The van der Waals surface area contributed by atoms with Crippen LogP contribution in [0.2, 0.25) is 0 Å². The molecule has 0 heterocycles. The van der Waals surface area contributed by atoms with Crippen molar-refractivity contribution in [3.05, 3.63) is 45.1 Å². The summed E-state index contributed by atoms with van der Waals surface area (Å²) in [4.78, 5) is 0. The van der Waals surface area contributed by atoms with Crippen molar-refractivity contribution in [2.45, 2.75) is 31.0 Å². The van der Waals surface area contributed by atoms with Crippen molar-refractivity contribution in [3.8, 4) is 0 Å². The van der Waals surface area contributed by atoms with Gasteiger partial charge in [0.15, 0.2) is 0 Å². The predicted octanol–water partition coefficient (Wildman–Crippen LogP) is 4.11. The van der Waals surface area contributed by atoms with Gasteiger partial charge in [0.1, 0.15) is 5.25 Å². The minimum absolute atomic E-state index is 0.0902. The first kappa shape index (κ1) is 24.3. The minimum atomic E-state index is -6.16. The Bertz CT molecular complexity index is 985. The second-order valence-electron chi connectivity index (χ2n) is 6.52. The Hall–Kier alpha value is 0.0300. The monoisotopic (exact) mass is 664 g/mol. The maximum absolute atomic E-state index is 13.1. The summed E-state index contributed by atoms with van der Waals surface area (Å²) < 4.78 is 90.6. The fraction of sp³-hybridized carbons (Fsp3) is 0.467. The third kappa shape index (κ3) is 4.24. The van der Waals surface area contributed by atoms with Gasteiger partial charge in [-0.15, -0.1) is 0 Å². The molecule has 0 bridgehead atoms. The molecule has 0 fully saturated rings. The van der Waals surface area contributed by atoms with Gasteiger partial charge in [-0.05, 0) is 61.4 Å². The van der Waals surface area contributed by atoms with Crippen molar-refractivity contribution >= 4 is 65.5 Å². The first-order valence-electron chi connectivity index (χ1n) is 7.86. The first-order chi connectivity index (χ1) is 12.7. The molecule has 13 heteroatoms. The van der Waals surface area contributed by atoms with Crippen molar-refractivity contribution in [2.75, 3.05) is 0 Å². The van der Waals surface area contributed by atoms with Crippen LogP contribution in [0.4, 0.5) is 13.2 Å². The highest BCUT2D eigenvalue weighted by molar-refractivity contribution is 14.1. The largest absolute Gasteiger partial charge is 0.513 e. The van der Waals surface area contributed by atoms with Gasteiger partial charge in [0.2, 0.25) is 10.0 Å². The highest BCUT2D eigenvalue weighted by atomic mass is 127. The molecule has 2 rings (SSSR count). The zero-order valence-electron chi connectivity index (χ0n) is 14.7. The second kappa shape index (κ2) is 8.28. The van der Waals surface area contributed by atoms with Crippen molar-refractivity contribution in [1.82, 2.24) is 7.46 Å². The lowest BCUT2D eigenvalue weighted by molar-refractivity contribution is -0.0472. The summed E-state index contributed by atoms with van der Waals surface area (Å²) in [5, 5.41) is -1.50. The van der Waals surface area contributed by atoms with Gasteiger partial charge in [0.05, 0.1) is 0 Å². The van der Waals surface area contributed by atoms with Gasteiger partial charge in [-0.1, -0.05) is 38.7 Å². The van der Waals surface area contributed by atoms with Crippen LogP contribution < -0.4 is 3.64 Å². The van der Waals surface area contributed by atoms with Crippen molar-refractivity contribution in [3.63, 3.8) is 0 Å². The van der Waals surface area contributed by atoms with Crippen molar-refractivity contribution < 1.29 is 30.0 Å². The molecular formula is C15H17F3I2N2O4S2. The van der Waals surface area contributed by atoms with Gasteiger partial charge in [-0.2, -0.15) is 16.8 Å². The molecule has 1 N–H and O–H groups in total. The third-order valence-electron chi connectivity index (χ3n) is 4.44. The Balaban J connectivity index is 2.69. The maximum atomic E-state index is 13.1. The zero-order valence-corrected chi connectivity index (χ0v) is 20.6. The molecular weight excluding hydrogens is 647 g/mol. The van der Waals surface area contributed by atoms with E-state index in [1.165, 1.54) is 6.92 Å². The normalized spacial score (nSPS) is 26.3. The fourth-order valence-electron chi connectivity index (χ4n) is 3.26. The molecule has 28 heavy (non-hydrogen) atoms. The predicted molar refractivity (Wildman–Crippen MR) is 117 cm³/mol. The molecule has 0 saturated heterocycles. The van der Waals surface area contributed by atoms with Crippen LogP contribution in [0.25, 0.3) is 0 Å². The molecule has 2 unspecified atom stereocenters. The van der Waals surface area contributed by atoms with Crippen LogP contribution in [0.5, 0.6) is 0 Å². The van der Waals surface area contributed by atoms with E-state index in [4.69, 9.17) is 0 Å². The molecule has 0 aromatic rings. The Kier molecular flexibility index (Phi) is 7.19. The molecule has 0 aromatic carbocycles. The Labute approximate surface area is 189 Å². The van der Waals surface area contributed by atoms with Crippen LogP contribution in [0.15, 0.2) is 45.1 Å². The number of allylic oxidation sites excluding steroid dienone is 6. The molecule has 0 aromatic heterocycles. The van der Waals surface area contributed by atoms with Crippen LogP contribution in [0.1, 0.15) is 20.3 Å². The highest BCUT2D eigenvalue weighted by Gasteiger charge is 2.57. The van der Waals surface area contributed by atoms with E-state index in [-0.39, 0.29) is 11.5 Å². The summed E-state index contributed by atoms with van der Waals surface area (Å²) in [7, 11) is -11.1. The van der Waals surface area contributed by atoms with Crippen LogP contribution in [0.3, 0.4) is 0 Å². The third-order valence-corrected chi connectivity index (χ3v) is 10.4. The number of halogens is 5. The molecule has 2 aliphatic carbocycles. The number of rotatable bonds is 5. The Morgan fingerprint density at radius 3 is 2.32 bits per heavy atom. The number of hydrazine groups is 1. The summed E-state index contributed by atoms with van der Waals surface area (Å²) >= 11 is 3.06. The molecule has 0 aliphatic heterocycles. The molecule has 158 valence electrons. The van der Waals surface area contributed by atoms with Crippen LogP contribution in [0, 0.1) is 11.8 Å². The van der Waals surface area contributed by atoms with E-state index in [2.05, 4.69) is 6.58 Å². The average Bonchev–Trinajstić information content (AvgIpc) is 2.52. The second-order valence-corrected chi connectivity index (χ2v) is 12.2. The molecule has 0 spiro atoms. The number of nitrogens with one attached hydrogen (secondary N) is 1. The zero-order chi connectivity index (χ0) is 21.7. The number of nitrogens with zero attached hydrogens (tertiary/aromatic N) is 1. The number of hydrogen-bond donors (Lipinski definition) is 1. The van der Waals surface area contributed by atoms with E-state index >= 15 is 0 Å². The number of sulfonamides is 2. The van der Waals surface area contributed by atoms with Gasteiger partial charge in [-0.3, -0.25) is 0 Å². The van der Waals surface area contributed by atoms with E-state index < -0.39 is 40.5 Å². The molecule has 0 saturated carbocycles. The quantitative estimate of drug-likeness (QED) is 0.272. The van der Waals surface area contributed by atoms with E-state index in [0.29, 0.717) is 15.6 Å². The van der Waals surface area contributed by atoms with Crippen LogP contribution in [-0.2, 0) is 20.0 Å². The minimum Gasteiger partial charge on any atom is -0.209 e. The lowest BCUT2D eigenvalue weighted by Gasteiger charge is -2.36. The lowest BCUT2D eigenvalue weighted by atomic mass is 9.78. The lowest BCUT2D eigenvalue weighted by Crippen LogP contribution is -2.53. The van der Waals surface area contributed by atoms with E-state index in [0.717, 1.165) is 28.4 Å². The van der Waals surface area contributed by atoms with E-state index in [1.54, 1.807) is 21.9 Å². The topological polar surface area (TPSA) is 83.6 Å². The van der Waals surface area contributed by atoms with Gasteiger partial charge in [0, 0.05) is 26.4 Å². The first-order valence-corrected chi connectivity index (χ1v) is 13.0. The van der Waals surface area contributed by atoms with Crippen LogP contribution in [-0.4, -0.2) is 31.4 Å². The summed E-state index contributed by atoms with van der Waals surface area (Å²) in [6.45, 7) is 7.32. The fourth-order valence-corrected chi connectivity index (χ4v) is 8.73. The van der Waals surface area contributed by atoms with Crippen molar-refractivity contribution in [2.24, 2.45) is 11.8 Å². The van der Waals surface area contributed by atoms with Gasteiger partial charge >= 0.3 is 15.5 Å². The molecule has 0 radical (unpaired) electrons. The summed E-state index contributed by atoms with van der Waals surface area (Å²) in [6.07, 6.45) is 5.41. The van der Waals surface area contributed by atoms with Gasteiger partial charge in [0.25, 0.3) is 0 Å². The van der Waals surface area contributed by atoms with Crippen molar-refractivity contribution in [1.29, 1.82) is 0 Å². The summed E-state index contributed by atoms with van der Waals surface area (Å²) in [6, 6.07) is 0. The highest BCUT2D eigenvalue weighted by Crippen LogP contribution is 2.44. The standard InChI is InChI=1S/C15H17F3I2N2O4S2/c1-8-4-5-11-13(6-8)12(10(3)19)7-9(2)14(11)27(23,24)22(21-20)28(25,26)15(16,17)18/h4-5,7-9,14,21H,3,6H2,1-2H3/t8?,9-,14?/m1/s1. The molecule has 6 nitrogen and oxygen atoms in total. The number of hydrogen-bond acceptors (Lipinski definition) is 5. The smallest absolute Gasteiger partial charge is 0.209 e. The Morgan fingerprint density at radius 2 is 1.86 bits per heavy atom. The Morgan fingerprint density at radius 1 is 1.29 bits per heavy atom. The number of alkyl halides is 3. The molecule has 2 aliphatic rings. The average molecular weight is 664 g/mol. The summed E-state index contributed by atoms with van der Waals surface area (Å²) in [5.41, 5.74) is -4.10.